The molecule has 94 valence electrons. The second-order valence-electron chi connectivity index (χ2n) is 6.12. The summed E-state index contributed by atoms with van der Waals surface area (Å²) in [6.45, 7) is 7.57. The molecule has 17 heavy (non-hydrogen) atoms. The van der Waals surface area contributed by atoms with Crippen molar-refractivity contribution >= 4 is 0 Å². The van der Waals surface area contributed by atoms with Crippen molar-refractivity contribution in [2.45, 2.75) is 64.6 Å². The van der Waals surface area contributed by atoms with Gasteiger partial charge in [-0.3, -0.25) is 0 Å². The Kier molecular flexibility index (Phi) is 3.88. The maximum absolute atomic E-state index is 6.02. The highest BCUT2D eigenvalue weighted by atomic mass is 16.5. The number of rotatable bonds is 3. The summed E-state index contributed by atoms with van der Waals surface area (Å²) in [7, 11) is 0. The first-order valence-electron chi connectivity index (χ1n) is 6.77. The lowest BCUT2D eigenvalue weighted by molar-refractivity contribution is 0.0449. The molecule has 1 fully saturated rings. The van der Waals surface area contributed by atoms with Crippen LogP contribution in [0, 0.1) is 0 Å². The first kappa shape index (κ1) is 12.6. The van der Waals surface area contributed by atoms with Gasteiger partial charge in [-0.25, -0.2) is 0 Å². The molecule has 1 aromatic rings. The molecule has 0 aliphatic heterocycles. The molecule has 1 heteroatoms. The molecular weight excluding hydrogens is 208 g/mol. The normalized spacial score (nSPS) is 17.6. The van der Waals surface area contributed by atoms with Gasteiger partial charge in [-0.1, -0.05) is 57.9 Å². The van der Waals surface area contributed by atoms with Crippen LogP contribution in [0.4, 0.5) is 0 Å². The maximum atomic E-state index is 6.02. The van der Waals surface area contributed by atoms with Crippen LogP contribution in [0.15, 0.2) is 24.3 Å². The van der Waals surface area contributed by atoms with Crippen LogP contribution in [0.2, 0.25) is 0 Å². The highest BCUT2D eigenvalue weighted by Gasteiger charge is 2.19. The smallest absolute Gasteiger partial charge is 0.0723 e. The Morgan fingerprint density at radius 1 is 1.12 bits per heavy atom. The van der Waals surface area contributed by atoms with Crippen molar-refractivity contribution in [2.75, 3.05) is 0 Å². The van der Waals surface area contributed by atoms with Gasteiger partial charge in [0.2, 0.25) is 0 Å². The molecule has 0 atom stereocenters. The molecule has 1 aromatic carbocycles. The molecule has 0 aromatic heterocycles. The molecule has 0 N–H and O–H groups in total. The first-order valence-corrected chi connectivity index (χ1v) is 6.77. The summed E-state index contributed by atoms with van der Waals surface area (Å²) in [6.07, 6.45) is 5.68. The van der Waals surface area contributed by atoms with Crippen LogP contribution >= 0.6 is 0 Å². The van der Waals surface area contributed by atoms with Crippen molar-refractivity contribution in [1.82, 2.24) is 0 Å². The zero-order chi connectivity index (χ0) is 12.3. The van der Waals surface area contributed by atoms with E-state index < -0.39 is 0 Å². The van der Waals surface area contributed by atoms with E-state index in [2.05, 4.69) is 45.0 Å². The molecule has 0 radical (unpaired) electrons. The fourth-order valence-electron chi connectivity index (χ4n) is 2.64. The van der Waals surface area contributed by atoms with Crippen LogP contribution < -0.4 is 0 Å². The van der Waals surface area contributed by atoms with Crippen LogP contribution in [-0.4, -0.2) is 6.10 Å². The number of ether oxygens (including phenoxy) is 1. The quantitative estimate of drug-likeness (QED) is 0.748. The summed E-state index contributed by atoms with van der Waals surface area (Å²) >= 11 is 0. The second-order valence-corrected chi connectivity index (χ2v) is 6.12. The lowest BCUT2D eigenvalue weighted by Gasteiger charge is -2.23. The van der Waals surface area contributed by atoms with Gasteiger partial charge in [-0.15, -0.1) is 0 Å². The summed E-state index contributed by atoms with van der Waals surface area (Å²) < 4.78 is 6.02. The highest BCUT2D eigenvalue weighted by Crippen LogP contribution is 2.28. The molecule has 0 heterocycles. The van der Waals surface area contributed by atoms with Gasteiger partial charge in [0.25, 0.3) is 0 Å². The van der Waals surface area contributed by atoms with Crippen LogP contribution in [0.5, 0.6) is 0 Å². The van der Waals surface area contributed by atoms with E-state index in [1.54, 1.807) is 0 Å². The monoisotopic (exact) mass is 232 g/mol. The predicted octanol–water partition coefficient (Wildman–Crippen LogP) is 4.44. The van der Waals surface area contributed by atoms with Gasteiger partial charge in [-0.2, -0.15) is 0 Å². The zero-order valence-electron chi connectivity index (χ0n) is 11.3. The maximum Gasteiger partial charge on any atom is 0.0723 e. The minimum absolute atomic E-state index is 0.204. The number of benzene rings is 1. The third kappa shape index (κ3) is 3.32. The highest BCUT2D eigenvalue weighted by molar-refractivity contribution is 5.32. The van der Waals surface area contributed by atoms with Crippen molar-refractivity contribution < 1.29 is 4.74 Å². The Morgan fingerprint density at radius 2 is 1.76 bits per heavy atom. The summed E-state index contributed by atoms with van der Waals surface area (Å²) in [6, 6.07) is 8.67. The Bertz CT molecular complexity index is 356. The van der Waals surface area contributed by atoms with Gasteiger partial charge in [0.05, 0.1) is 12.7 Å². The molecule has 1 aliphatic carbocycles. The molecule has 1 aliphatic rings. The molecule has 1 nitrogen and oxygen atoms in total. The van der Waals surface area contributed by atoms with Crippen molar-refractivity contribution in [3.8, 4) is 0 Å². The zero-order valence-corrected chi connectivity index (χ0v) is 11.3. The van der Waals surface area contributed by atoms with E-state index in [0.717, 1.165) is 6.61 Å². The van der Waals surface area contributed by atoms with Crippen molar-refractivity contribution in [3.05, 3.63) is 35.4 Å². The van der Waals surface area contributed by atoms with E-state index in [9.17, 15) is 0 Å². The molecule has 1 saturated carbocycles. The van der Waals surface area contributed by atoms with Gasteiger partial charge >= 0.3 is 0 Å². The van der Waals surface area contributed by atoms with Gasteiger partial charge in [0.1, 0.15) is 0 Å². The summed E-state index contributed by atoms with van der Waals surface area (Å²) in [5, 5.41) is 0. The van der Waals surface area contributed by atoms with E-state index >= 15 is 0 Å². The Morgan fingerprint density at radius 3 is 2.41 bits per heavy atom. The van der Waals surface area contributed by atoms with E-state index in [0.29, 0.717) is 6.10 Å². The minimum Gasteiger partial charge on any atom is -0.374 e. The molecule has 0 spiro atoms. The van der Waals surface area contributed by atoms with Crippen LogP contribution in [-0.2, 0) is 16.8 Å². The van der Waals surface area contributed by atoms with E-state index in [-0.39, 0.29) is 5.41 Å². The van der Waals surface area contributed by atoms with Crippen LogP contribution in [0.3, 0.4) is 0 Å². The average Bonchev–Trinajstić information content (AvgIpc) is 2.78. The van der Waals surface area contributed by atoms with Gasteiger partial charge in [0.15, 0.2) is 0 Å². The Labute approximate surface area is 105 Å². The van der Waals surface area contributed by atoms with Gasteiger partial charge in [-0.05, 0) is 29.4 Å². The summed E-state index contributed by atoms with van der Waals surface area (Å²) in [5.41, 5.74) is 2.97. The van der Waals surface area contributed by atoms with Crippen molar-refractivity contribution in [2.24, 2.45) is 0 Å². The topological polar surface area (TPSA) is 9.23 Å². The van der Waals surface area contributed by atoms with E-state index in [1.807, 2.05) is 0 Å². The third-order valence-corrected chi connectivity index (χ3v) is 3.60. The second kappa shape index (κ2) is 5.22. The lowest BCUT2D eigenvalue weighted by Crippen LogP contribution is -2.16. The van der Waals surface area contributed by atoms with E-state index in [1.165, 1.54) is 36.8 Å². The van der Waals surface area contributed by atoms with Crippen LogP contribution in [0.25, 0.3) is 0 Å². The van der Waals surface area contributed by atoms with Gasteiger partial charge in [0, 0.05) is 0 Å². The third-order valence-electron chi connectivity index (χ3n) is 3.60. The molecule has 0 amide bonds. The Hall–Kier alpha value is -0.820. The van der Waals surface area contributed by atoms with Crippen molar-refractivity contribution in [1.29, 1.82) is 0 Å². The van der Waals surface area contributed by atoms with Crippen molar-refractivity contribution in [3.63, 3.8) is 0 Å². The largest absolute Gasteiger partial charge is 0.374 e. The minimum atomic E-state index is 0.204. The Balaban J connectivity index is 2.04. The number of hydrogen-bond donors (Lipinski definition) is 0. The number of hydrogen-bond acceptors (Lipinski definition) is 1. The molecule has 0 saturated heterocycles. The summed E-state index contributed by atoms with van der Waals surface area (Å²) in [4.78, 5) is 0. The van der Waals surface area contributed by atoms with Gasteiger partial charge < -0.3 is 4.74 Å². The fraction of sp³-hybridized carbons (Fsp3) is 0.625. The molecule has 0 bridgehead atoms. The predicted molar refractivity (Wildman–Crippen MR) is 72.2 cm³/mol. The molecule has 0 unspecified atom stereocenters. The average molecular weight is 232 g/mol. The first-order chi connectivity index (χ1) is 8.07. The standard InChI is InChI=1S/C16H24O/c1-16(2,3)15-11-7-4-8-13(15)12-17-14-9-5-6-10-14/h4,7-8,11,14H,5-6,9-10,12H2,1-3H3. The lowest BCUT2D eigenvalue weighted by atomic mass is 9.84. The summed E-state index contributed by atoms with van der Waals surface area (Å²) in [5.74, 6) is 0. The molecular formula is C16H24O. The SMILES string of the molecule is CC(C)(C)c1ccccc1COC1CCCC1. The molecule has 2 rings (SSSR count). The fourth-order valence-corrected chi connectivity index (χ4v) is 2.64. The van der Waals surface area contributed by atoms with E-state index in [4.69, 9.17) is 4.74 Å². The van der Waals surface area contributed by atoms with Crippen LogP contribution in [0.1, 0.15) is 57.6 Å².